The summed E-state index contributed by atoms with van der Waals surface area (Å²) in [5.74, 6) is 1.76. The van der Waals surface area contributed by atoms with E-state index >= 15 is 0 Å². The minimum Gasteiger partial charge on any atom is -0.365 e. The van der Waals surface area contributed by atoms with Gasteiger partial charge in [-0.1, -0.05) is 43.3 Å². The molecule has 1 nitrogen and oxygen atoms in total. The van der Waals surface area contributed by atoms with Gasteiger partial charge in [0.05, 0.1) is 0 Å². The van der Waals surface area contributed by atoms with E-state index in [0.717, 1.165) is 12.3 Å². The van der Waals surface area contributed by atoms with E-state index in [9.17, 15) is 0 Å². The summed E-state index contributed by atoms with van der Waals surface area (Å²) in [7, 11) is 0. The molecule has 2 aromatic carbocycles. The second-order valence-corrected chi connectivity index (χ2v) is 7.96. The van der Waals surface area contributed by atoms with Gasteiger partial charge in [-0.2, -0.15) is 0 Å². The Balaban J connectivity index is 1.75. The van der Waals surface area contributed by atoms with Gasteiger partial charge >= 0.3 is 0 Å². The number of benzene rings is 2. The molecule has 22 heavy (non-hydrogen) atoms. The van der Waals surface area contributed by atoms with Crippen LogP contribution in [0.1, 0.15) is 38.7 Å². The van der Waals surface area contributed by atoms with Crippen molar-refractivity contribution in [2.45, 2.75) is 43.5 Å². The van der Waals surface area contributed by atoms with Crippen molar-refractivity contribution >= 4 is 17.4 Å². The summed E-state index contributed by atoms with van der Waals surface area (Å²) in [6.45, 7) is 8.21. The average molecular weight is 311 g/mol. The summed E-state index contributed by atoms with van der Waals surface area (Å²) in [5, 5.41) is 0. The maximum Gasteiger partial charge on any atom is 0.0406 e. The first-order valence-electron chi connectivity index (χ1n) is 8.12. The highest BCUT2D eigenvalue weighted by molar-refractivity contribution is 7.99. The Morgan fingerprint density at radius 2 is 1.73 bits per heavy atom. The van der Waals surface area contributed by atoms with Crippen molar-refractivity contribution in [2.24, 2.45) is 0 Å². The van der Waals surface area contributed by atoms with Gasteiger partial charge in [-0.15, -0.1) is 11.8 Å². The zero-order valence-corrected chi connectivity index (χ0v) is 14.6. The van der Waals surface area contributed by atoms with Crippen LogP contribution in [-0.4, -0.2) is 17.8 Å². The Labute approximate surface area is 138 Å². The topological polar surface area (TPSA) is 3.24 Å². The first kappa shape index (κ1) is 15.5. The van der Waals surface area contributed by atoms with Gasteiger partial charge in [-0.3, -0.25) is 0 Å². The molecule has 1 unspecified atom stereocenters. The SMILES string of the molecule is CC1CC(C)(C)N(CCSc2ccccc2)c2ccccc21. The molecule has 1 atom stereocenters. The smallest absolute Gasteiger partial charge is 0.0406 e. The van der Waals surface area contributed by atoms with Gasteiger partial charge in [-0.25, -0.2) is 0 Å². The first-order valence-corrected chi connectivity index (χ1v) is 9.11. The van der Waals surface area contributed by atoms with Gasteiger partial charge in [0.1, 0.15) is 0 Å². The van der Waals surface area contributed by atoms with Gasteiger partial charge in [0.15, 0.2) is 0 Å². The third-order valence-corrected chi connectivity index (χ3v) is 5.61. The molecule has 116 valence electrons. The van der Waals surface area contributed by atoms with Crippen molar-refractivity contribution in [1.82, 2.24) is 0 Å². The lowest BCUT2D eigenvalue weighted by Crippen LogP contribution is -2.49. The quantitative estimate of drug-likeness (QED) is 0.679. The van der Waals surface area contributed by atoms with Gasteiger partial charge < -0.3 is 4.90 Å². The van der Waals surface area contributed by atoms with Crippen LogP contribution >= 0.6 is 11.8 Å². The highest BCUT2D eigenvalue weighted by atomic mass is 32.2. The van der Waals surface area contributed by atoms with Crippen molar-refractivity contribution in [3.8, 4) is 0 Å². The standard InChI is InChI=1S/C20H25NS/c1-16-15-20(2,3)21(19-12-8-7-11-18(16)19)13-14-22-17-9-5-4-6-10-17/h4-12,16H,13-15H2,1-3H3. The molecule has 3 rings (SSSR count). The molecule has 2 aromatic rings. The second-order valence-electron chi connectivity index (χ2n) is 6.79. The Kier molecular flexibility index (Phi) is 4.49. The summed E-state index contributed by atoms with van der Waals surface area (Å²) in [4.78, 5) is 3.97. The molecule has 0 saturated heterocycles. The zero-order chi connectivity index (χ0) is 15.6. The predicted molar refractivity (Wildman–Crippen MR) is 98.1 cm³/mol. The molecule has 0 fully saturated rings. The molecular weight excluding hydrogens is 286 g/mol. The largest absolute Gasteiger partial charge is 0.365 e. The number of anilines is 1. The van der Waals surface area contributed by atoms with Crippen molar-refractivity contribution in [2.75, 3.05) is 17.2 Å². The number of hydrogen-bond acceptors (Lipinski definition) is 2. The minimum absolute atomic E-state index is 0.227. The van der Waals surface area contributed by atoms with Crippen molar-refractivity contribution in [1.29, 1.82) is 0 Å². The van der Waals surface area contributed by atoms with Gasteiger partial charge in [0.2, 0.25) is 0 Å². The summed E-state index contributed by atoms with van der Waals surface area (Å²) < 4.78 is 0. The van der Waals surface area contributed by atoms with Gasteiger partial charge in [0.25, 0.3) is 0 Å². The molecule has 0 bridgehead atoms. The zero-order valence-electron chi connectivity index (χ0n) is 13.8. The molecule has 1 heterocycles. The Morgan fingerprint density at radius 1 is 1.05 bits per heavy atom. The monoisotopic (exact) mass is 311 g/mol. The maximum atomic E-state index is 2.61. The third kappa shape index (κ3) is 3.17. The molecule has 1 aliphatic heterocycles. The first-order chi connectivity index (χ1) is 10.6. The summed E-state index contributed by atoms with van der Waals surface area (Å²) >= 11 is 1.95. The lowest BCUT2D eigenvalue weighted by molar-refractivity contribution is 0.382. The number of rotatable bonds is 4. The molecular formula is C20H25NS. The van der Waals surface area contributed by atoms with Gasteiger partial charge in [0, 0.05) is 28.4 Å². The lowest BCUT2D eigenvalue weighted by Gasteiger charge is -2.47. The lowest BCUT2D eigenvalue weighted by atomic mass is 9.80. The van der Waals surface area contributed by atoms with Crippen molar-refractivity contribution in [3.05, 3.63) is 60.2 Å². The Morgan fingerprint density at radius 3 is 2.50 bits per heavy atom. The molecule has 0 amide bonds. The molecule has 1 aliphatic rings. The number of hydrogen-bond donors (Lipinski definition) is 0. The molecule has 0 radical (unpaired) electrons. The van der Waals surface area contributed by atoms with E-state index in [1.165, 1.54) is 22.6 Å². The molecule has 0 aliphatic carbocycles. The van der Waals surface area contributed by atoms with E-state index in [2.05, 4.69) is 80.3 Å². The predicted octanol–water partition coefficient (Wildman–Crippen LogP) is 5.57. The normalized spacial score (nSPS) is 19.8. The van der Waals surface area contributed by atoms with E-state index in [-0.39, 0.29) is 5.54 Å². The number of thioether (sulfide) groups is 1. The fourth-order valence-electron chi connectivity index (χ4n) is 3.64. The second kappa shape index (κ2) is 6.37. The summed E-state index contributed by atoms with van der Waals surface area (Å²) in [5.41, 5.74) is 3.16. The summed E-state index contributed by atoms with van der Waals surface area (Å²) in [6.07, 6.45) is 1.22. The van der Waals surface area contributed by atoms with Crippen LogP contribution in [0.2, 0.25) is 0 Å². The number of nitrogens with zero attached hydrogens (tertiary/aromatic N) is 1. The fourth-order valence-corrected chi connectivity index (χ4v) is 4.50. The third-order valence-electron chi connectivity index (χ3n) is 4.62. The van der Waals surface area contributed by atoms with Crippen LogP contribution in [0, 0.1) is 0 Å². The highest BCUT2D eigenvalue weighted by Gasteiger charge is 2.35. The number of para-hydroxylation sites is 1. The van der Waals surface area contributed by atoms with E-state index in [4.69, 9.17) is 0 Å². The van der Waals surface area contributed by atoms with Crippen LogP contribution in [-0.2, 0) is 0 Å². The Hall–Kier alpha value is -1.41. The average Bonchev–Trinajstić information content (AvgIpc) is 2.51. The minimum atomic E-state index is 0.227. The van der Waals surface area contributed by atoms with Crippen molar-refractivity contribution in [3.63, 3.8) is 0 Å². The molecule has 0 aromatic heterocycles. The Bertz CT molecular complexity index is 621. The van der Waals surface area contributed by atoms with Gasteiger partial charge in [-0.05, 0) is 49.9 Å². The number of fused-ring (bicyclic) bond motifs is 1. The summed E-state index contributed by atoms with van der Waals surface area (Å²) in [6, 6.07) is 19.6. The van der Waals surface area contributed by atoms with E-state index in [1.807, 2.05) is 11.8 Å². The molecule has 0 N–H and O–H groups in total. The van der Waals surface area contributed by atoms with Crippen LogP contribution < -0.4 is 4.90 Å². The van der Waals surface area contributed by atoms with Crippen LogP contribution in [0.25, 0.3) is 0 Å². The van der Waals surface area contributed by atoms with E-state index < -0.39 is 0 Å². The molecule has 2 heteroatoms. The van der Waals surface area contributed by atoms with Crippen LogP contribution in [0.3, 0.4) is 0 Å². The van der Waals surface area contributed by atoms with Crippen LogP contribution in [0.15, 0.2) is 59.5 Å². The van der Waals surface area contributed by atoms with Crippen LogP contribution in [0.5, 0.6) is 0 Å². The fraction of sp³-hybridized carbons (Fsp3) is 0.400. The maximum absolute atomic E-state index is 2.61. The molecule has 0 saturated carbocycles. The van der Waals surface area contributed by atoms with E-state index in [0.29, 0.717) is 5.92 Å². The van der Waals surface area contributed by atoms with Crippen molar-refractivity contribution < 1.29 is 0 Å². The molecule has 0 spiro atoms. The van der Waals surface area contributed by atoms with E-state index in [1.54, 1.807) is 0 Å². The highest BCUT2D eigenvalue weighted by Crippen LogP contribution is 2.43. The van der Waals surface area contributed by atoms with Crippen LogP contribution in [0.4, 0.5) is 5.69 Å².